The monoisotopic (exact) mass is 255 g/mol. The lowest BCUT2D eigenvalue weighted by Gasteiger charge is -2.33. The minimum atomic E-state index is -0.121. The van der Waals surface area contributed by atoms with Gasteiger partial charge in [0.2, 0.25) is 0 Å². The number of ether oxygens (including phenoxy) is 1. The summed E-state index contributed by atoms with van der Waals surface area (Å²) in [5.74, 6) is -0.121. The molecular formula is C14H13N3O2. The van der Waals surface area contributed by atoms with Crippen LogP contribution in [-0.4, -0.2) is 42.0 Å². The number of allylic oxidation sites excluding steroid dienone is 1. The van der Waals surface area contributed by atoms with E-state index in [1.165, 1.54) is 0 Å². The Labute approximate surface area is 111 Å². The Morgan fingerprint density at radius 3 is 2.89 bits per heavy atom. The van der Waals surface area contributed by atoms with Crippen molar-refractivity contribution in [3.63, 3.8) is 0 Å². The minimum absolute atomic E-state index is 0.121. The van der Waals surface area contributed by atoms with Crippen LogP contribution in [0.4, 0.5) is 0 Å². The number of nitriles is 1. The lowest BCUT2D eigenvalue weighted by Crippen LogP contribution is -2.37. The number of pyridine rings is 1. The predicted octanol–water partition coefficient (Wildman–Crippen LogP) is 0.774. The first kappa shape index (κ1) is 11.9. The van der Waals surface area contributed by atoms with E-state index in [4.69, 9.17) is 4.74 Å². The molecule has 0 saturated carbocycles. The number of ketones is 1. The molecule has 2 heterocycles. The molecule has 5 nitrogen and oxygen atoms in total. The first-order valence-electron chi connectivity index (χ1n) is 6.26. The third kappa shape index (κ3) is 2.00. The van der Waals surface area contributed by atoms with Gasteiger partial charge in [-0.1, -0.05) is 6.07 Å². The second-order valence-corrected chi connectivity index (χ2v) is 4.55. The topological polar surface area (TPSA) is 66.2 Å². The first-order valence-corrected chi connectivity index (χ1v) is 6.26. The molecule has 5 heteroatoms. The van der Waals surface area contributed by atoms with Crippen molar-refractivity contribution >= 4 is 11.5 Å². The van der Waals surface area contributed by atoms with E-state index in [-0.39, 0.29) is 17.8 Å². The third-order valence-corrected chi connectivity index (χ3v) is 3.42. The van der Waals surface area contributed by atoms with Crippen molar-refractivity contribution in [3.05, 3.63) is 35.2 Å². The van der Waals surface area contributed by atoms with Gasteiger partial charge in [0.1, 0.15) is 11.6 Å². The van der Waals surface area contributed by atoms with Crippen molar-refractivity contribution < 1.29 is 9.53 Å². The number of rotatable bonds is 1. The van der Waals surface area contributed by atoms with Crippen LogP contribution in [-0.2, 0) is 16.0 Å². The van der Waals surface area contributed by atoms with Gasteiger partial charge in [-0.3, -0.25) is 9.78 Å². The molecule has 0 N–H and O–H groups in total. The molecule has 3 rings (SSSR count). The minimum Gasteiger partial charge on any atom is -0.378 e. The van der Waals surface area contributed by atoms with E-state index >= 15 is 0 Å². The second-order valence-electron chi connectivity index (χ2n) is 4.55. The molecule has 0 aromatic carbocycles. The SMILES string of the molecule is N#CC1=C(N2CCOCC2)c2ncccc2CC1=O. The summed E-state index contributed by atoms with van der Waals surface area (Å²) in [6, 6.07) is 5.77. The van der Waals surface area contributed by atoms with E-state index in [9.17, 15) is 10.1 Å². The molecule has 0 spiro atoms. The number of carbonyl (C=O) groups is 1. The maximum absolute atomic E-state index is 12.1. The van der Waals surface area contributed by atoms with Gasteiger partial charge in [0.15, 0.2) is 5.78 Å². The van der Waals surface area contributed by atoms with Gasteiger partial charge in [0.25, 0.3) is 0 Å². The zero-order chi connectivity index (χ0) is 13.2. The summed E-state index contributed by atoms with van der Waals surface area (Å²) in [6.45, 7) is 2.59. The number of fused-ring (bicyclic) bond motifs is 1. The van der Waals surface area contributed by atoms with Crippen molar-refractivity contribution in [1.29, 1.82) is 5.26 Å². The maximum atomic E-state index is 12.1. The Balaban J connectivity index is 2.14. The van der Waals surface area contributed by atoms with Gasteiger partial charge < -0.3 is 9.64 Å². The van der Waals surface area contributed by atoms with Crippen LogP contribution in [0.25, 0.3) is 5.70 Å². The van der Waals surface area contributed by atoms with Crippen LogP contribution in [0.15, 0.2) is 23.9 Å². The van der Waals surface area contributed by atoms with Gasteiger partial charge >= 0.3 is 0 Å². The van der Waals surface area contributed by atoms with Crippen molar-refractivity contribution in [2.45, 2.75) is 6.42 Å². The van der Waals surface area contributed by atoms with Crippen LogP contribution in [0.1, 0.15) is 11.3 Å². The van der Waals surface area contributed by atoms with Gasteiger partial charge in [0.05, 0.1) is 24.6 Å². The van der Waals surface area contributed by atoms with Gasteiger partial charge in [-0.15, -0.1) is 0 Å². The molecule has 0 atom stereocenters. The molecule has 1 aromatic rings. The second kappa shape index (κ2) is 4.82. The van der Waals surface area contributed by atoms with E-state index in [2.05, 4.69) is 4.98 Å². The van der Waals surface area contributed by atoms with Crippen LogP contribution in [0.2, 0.25) is 0 Å². The molecular weight excluding hydrogens is 242 g/mol. The van der Waals surface area contributed by atoms with Crippen LogP contribution in [0, 0.1) is 11.3 Å². The molecule has 0 radical (unpaired) electrons. The Morgan fingerprint density at radius 2 is 2.16 bits per heavy atom. The summed E-state index contributed by atoms with van der Waals surface area (Å²) in [5, 5.41) is 9.27. The number of hydrogen-bond donors (Lipinski definition) is 0. The summed E-state index contributed by atoms with van der Waals surface area (Å²) in [7, 11) is 0. The lowest BCUT2D eigenvalue weighted by molar-refractivity contribution is -0.114. The van der Waals surface area contributed by atoms with Crippen LogP contribution in [0.5, 0.6) is 0 Å². The highest BCUT2D eigenvalue weighted by Gasteiger charge is 2.30. The number of nitrogens with zero attached hydrogens (tertiary/aromatic N) is 3. The molecule has 0 amide bonds. The van der Waals surface area contributed by atoms with E-state index in [0.717, 1.165) is 11.3 Å². The molecule has 96 valence electrons. The van der Waals surface area contributed by atoms with Gasteiger partial charge in [-0.05, 0) is 11.6 Å². The number of Topliss-reactive ketones (excluding diaryl/α,β-unsaturated/α-hetero) is 1. The van der Waals surface area contributed by atoms with E-state index in [0.29, 0.717) is 32.0 Å². The molecule has 1 aliphatic heterocycles. The molecule has 1 aromatic heterocycles. The maximum Gasteiger partial charge on any atom is 0.180 e. The largest absolute Gasteiger partial charge is 0.378 e. The molecule has 0 unspecified atom stereocenters. The fraction of sp³-hybridized carbons (Fsp3) is 0.357. The van der Waals surface area contributed by atoms with E-state index < -0.39 is 0 Å². The highest BCUT2D eigenvalue weighted by Crippen LogP contribution is 2.30. The average molecular weight is 255 g/mol. The Kier molecular flexibility index (Phi) is 3.02. The Hall–Kier alpha value is -2.19. The Morgan fingerprint density at radius 1 is 1.37 bits per heavy atom. The zero-order valence-corrected chi connectivity index (χ0v) is 10.4. The summed E-state index contributed by atoms with van der Waals surface area (Å²) in [5.41, 5.74) is 2.57. The number of aromatic nitrogens is 1. The smallest absolute Gasteiger partial charge is 0.180 e. The molecule has 1 aliphatic carbocycles. The summed E-state index contributed by atoms with van der Waals surface area (Å²) >= 11 is 0. The predicted molar refractivity (Wildman–Crippen MR) is 67.9 cm³/mol. The third-order valence-electron chi connectivity index (χ3n) is 3.42. The first-order chi connectivity index (χ1) is 9.31. The molecule has 19 heavy (non-hydrogen) atoms. The highest BCUT2D eigenvalue weighted by atomic mass is 16.5. The standard InChI is InChI=1S/C14H13N3O2/c15-9-11-12(18)8-10-2-1-3-16-13(10)14(11)17-4-6-19-7-5-17/h1-3H,4-8H2. The quantitative estimate of drug-likeness (QED) is 0.741. The van der Waals surface area contributed by atoms with Crippen molar-refractivity contribution in [1.82, 2.24) is 9.88 Å². The van der Waals surface area contributed by atoms with E-state index in [1.54, 1.807) is 6.20 Å². The summed E-state index contributed by atoms with van der Waals surface area (Å²) in [4.78, 5) is 18.5. The van der Waals surface area contributed by atoms with Crippen molar-refractivity contribution in [2.24, 2.45) is 0 Å². The number of morpholine rings is 1. The normalized spacial score (nSPS) is 19.1. The van der Waals surface area contributed by atoms with Crippen LogP contribution < -0.4 is 0 Å². The summed E-state index contributed by atoms with van der Waals surface area (Å²) < 4.78 is 5.32. The van der Waals surface area contributed by atoms with Crippen LogP contribution in [0.3, 0.4) is 0 Å². The average Bonchev–Trinajstić information content (AvgIpc) is 2.46. The highest BCUT2D eigenvalue weighted by molar-refractivity contribution is 6.09. The van der Waals surface area contributed by atoms with Gasteiger partial charge in [-0.2, -0.15) is 5.26 Å². The molecule has 0 bridgehead atoms. The molecule has 1 saturated heterocycles. The molecule has 2 aliphatic rings. The number of hydrogen-bond acceptors (Lipinski definition) is 5. The lowest BCUT2D eigenvalue weighted by atomic mass is 9.91. The van der Waals surface area contributed by atoms with Gasteiger partial charge in [0, 0.05) is 25.7 Å². The van der Waals surface area contributed by atoms with Crippen molar-refractivity contribution in [2.75, 3.05) is 26.3 Å². The van der Waals surface area contributed by atoms with E-state index in [1.807, 2.05) is 23.1 Å². The van der Waals surface area contributed by atoms with Gasteiger partial charge in [-0.25, -0.2) is 0 Å². The van der Waals surface area contributed by atoms with Crippen LogP contribution >= 0.6 is 0 Å². The summed E-state index contributed by atoms with van der Waals surface area (Å²) in [6.07, 6.45) is 1.96. The number of carbonyl (C=O) groups excluding carboxylic acids is 1. The molecule has 1 fully saturated rings. The zero-order valence-electron chi connectivity index (χ0n) is 10.4. The Bertz CT molecular complexity index is 595. The fourth-order valence-electron chi connectivity index (χ4n) is 2.52. The fourth-order valence-corrected chi connectivity index (χ4v) is 2.52. The van der Waals surface area contributed by atoms with Crippen molar-refractivity contribution in [3.8, 4) is 6.07 Å².